The van der Waals surface area contributed by atoms with Crippen LogP contribution in [0.2, 0.25) is 0 Å². The Kier molecular flexibility index (Phi) is 3.21. The van der Waals surface area contributed by atoms with E-state index in [0.29, 0.717) is 18.5 Å². The first-order valence-corrected chi connectivity index (χ1v) is 4.63. The first-order valence-electron chi connectivity index (χ1n) is 4.63. The molecule has 0 radical (unpaired) electrons. The number of aryl methyl sites for hydroxylation is 1. The molecule has 0 heterocycles. The summed E-state index contributed by atoms with van der Waals surface area (Å²) >= 11 is 0. The second-order valence-corrected chi connectivity index (χ2v) is 3.59. The van der Waals surface area contributed by atoms with Crippen molar-refractivity contribution in [3.63, 3.8) is 0 Å². The number of rotatable bonds is 3. The summed E-state index contributed by atoms with van der Waals surface area (Å²) in [5.74, 6) is -2.78. The molecule has 0 spiro atoms. The fourth-order valence-electron chi connectivity index (χ4n) is 1.51. The molecule has 0 fully saturated rings. The Morgan fingerprint density at radius 3 is 2.50 bits per heavy atom. The SMILES string of the molecule is Cc1ccc(C(C)(F)F)c(CCN)c1. The Hall–Kier alpha value is -0.960. The van der Waals surface area contributed by atoms with Crippen molar-refractivity contribution < 1.29 is 8.78 Å². The van der Waals surface area contributed by atoms with Crippen LogP contribution in [0, 0.1) is 6.92 Å². The van der Waals surface area contributed by atoms with Crippen molar-refractivity contribution in [2.24, 2.45) is 5.73 Å². The molecule has 0 saturated carbocycles. The average molecular weight is 199 g/mol. The van der Waals surface area contributed by atoms with Gasteiger partial charge in [0.15, 0.2) is 0 Å². The van der Waals surface area contributed by atoms with Gasteiger partial charge in [0.2, 0.25) is 0 Å². The molecule has 0 aliphatic carbocycles. The summed E-state index contributed by atoms with van der Waals surface area (Å²) in [6, 6.07) is 4.96. The fourth-order valence-corrected chi connectivity index (χ4v) is 1.51. The molecule has 1 nitrogen and oxygen atoms in total. The van der Waals surface area contributed by atoms with Gasteiger partial charge >= 0.3 is 0 Å². The van der Waals surface area contributed by atoms with Gasteiger partial charge in [-0.1, -0.05) is 23.8 Å². The number of hydrogen-bond donors (Lipinski definition) is 1. The predicted octanol–water partition coefficient (Wildman–Crippen LogP) is 2.61. The first-order chi connectivity index (χ1) is 6.45. The number of halogens is 2. The smallest absolute Gasteiger partial charge is 0.270 e. The van der Waals surface area contributed by atoms with Crippen molar-refractivity contribution in [1.29, 1.82) is 0 Å². The van der Waals surface area contributed by atoms with Gasteiger partial charge in [0, 0.05) is 12.5 Å². The Balaban J connectivity index is 3.15. The van der Waals surface area contributed by atoms with E-state index in [-0.39, 0.29) is 5.56 Å². The molecule has 2 N–H and O–H groups in total. The lowest BCUT2D eigenvalue weighted by atomic mass is 9.98. The highest BCUT2D eigenvalue weighted by molar-refractivity contribution is 5.34. The number of hydrogen-bond acceptors (Lipinski definition) is 1. The maximum atomic E-state index is 13.1. The van der Waals surface area contributed by atoms with E-state index in [4.69, 9.17) is 5.73 Å². The van der Waals surface area contributed by atoms with Gasteiger partial charge in [-0.3, -0.25) is 0 Å². The third-order valence-electron chi connectivity index (χ3n) is 2.15. The molecule has 0 aromatic heterocycles. The molecule has 78 valence electrons. The Morgan fingerprint density at radius 2 is 2.00 bits per heavy atom. The van der Waals surface area contributed by atoms with Crippen LogP contribution in [0.1, 0.15) is 23.6 Å². The maximum Gasteiger partial charge on any atom is 0.270 e. The highest BCUT2D eigenvalue weighted by atomic mass is 19.3. The summed E-state index contributed by atoms with van der Waals surface area (Å²) in [7, 11) is 0. The van der Waals surface area contributed by atoms with Crippen molar-refractivity contribution in [2.75, 3.05) is 6.54 Å². The predicted molar refractivity (Wildman–Crippen MR) is 53.5 cm³/mol. The van der Waals surface area contributed by atoms with Gasteiger partial charge in [0.25, 0.3) is 5.92 Å². The summed E-state index contributed by atoms with van der Waals surface area (Å²) in [5, 5.41) is 0. The Labute approximate surface area is 82.9 Å². The van der Waals surface area contributed by atoms with Gasteiger partial charge in [0.1, 0.15) is 0 Å². The van der Waals surface area contributed by atoms with E-state index in [9.17, 15) is 8.78 Å². The molecular formula is C11H15F2N. The monoisotopic (exact) mass is 199 g/mol. The standard InChI is InChI=1S/C11H15F2N/c1-8-3-4-10(11(2,12)13)9(7-8)5-6-14/h3-4,7H,5-6,14H2,1-2H3. The molecule has 0 bridgehead atoms. The zero-order valence-corrected chi connectivity index (χ0v) is 8.48. The van der Waals surface area contributed by atoms with Crippen LogP contribution in [0.4, 0.5) is 8.78 Å². The van der Waals surface area contributed by atoms with Crippen molar-refractivity contribution in [1.82, 2.24) is 0 Å². The minimum absolute atomic E-state index is 0.0913. The summed E-state index contributed by atoms with van der Waals surface area (Å²) in [6.07, 6.45) is 0.500. The Morgan fingerprint density at radius 1 is 1.36 bits per heavy atom. The van der Waals surface area contributed by atoms with Crippen molar-refractivity contribution in [3.8, 4) is 0 Å². The highest BCUT2D eigenvalue weighted by Gasteiger charge is 2.26. The van der Waals surface area contributed by atoms with E-state index >= 15 is 0 Å². The number of alkyl halides is 2. The average Bonchev–Trinajstić information content (AvgIpc) is 2.02. The molecule has 0 aliphatic rings. The third-order valence-corrected chi connectivity index (χ3v) is 2.15. The minimum Gasteiger partial charge on any atom is -0.330 e. The number of benzene rings is 1. The second kappa shape index (κ2) is 4.05. The van der Waals surface area contributed by atoms with Crippen LogP contribution in [0.15, 0.2) is 18.2 Å². The van der Waals surface area contributed by atoms with Crippen LogP contribution in [0.25, 0.3) is 0 Å². The van der Waals surface area contributed by atoms with Gasteiger partial charge in [-0.2, -0.15) is 0 Å². The zero-order valence-electron chi connectivity index (χ0n) is 8.48. The van der Waals surface area contributed by atoms with Crippen molar-refractivity contribution in [2.45, 2.75) is 26.2 Å². The van der Waals surface area contributed by atoms with Crippen LogP contribution in [-0.4, -0.2) is 6.54 Å². The molecule has 0 aliphatic heterocycles. The Bertz CT molecular complexity index is 316. The minimum atomic E-state index is -2.78. The molecular weight excluding hydrogens is 184 g/mol. The fraction of sp³-hybridized carbons (Fsp3) is 0.455. The molecule has 0 saturated heterocycles. The summed E-state index contributed by atoms with van der Waals surface area (Å²) < 4.78 is 26.3. The van der Waals surface area contributed by atoms with Crippen LogP contribution in [0.5, 0.6) is 0 Å². The van der Waals surface area contributed by atoms with Gasteiger partial charge in [-0.15, -0.1) is 0 Å². The summed E-state index contributed by atoms with van der Waals surface area (Å²) in [4.78, 5) is 0. The van der Waals surface area contributed by atoms with E-state index in [1.165, 1.54) is 6.07 Å². The molecule has 1 rings (SSSR count). The molecule has 1 aromatic carbocycles. The lowest BCUT2D eigenvalue weighted by Gasteiger charge is -2.16. The maximum absolute atomic E-state index is 13.1. The van der Waals surface area contributed by atoms with Crippen molar-refractivity contribution in [3.05, 3.63) is 34.9 Å². The molecule has 0 atom stereocenters. The van der Waals surface area contributed by atoms with E-state index in [2.05, 4.69) is 0 Å². The topological polar surface area (TPSA) is 26.0 Å². The molecule has 0 unspecified atom stereocenters. The van der Waals surface area contributed by atoms with E-state index in [0.717, 1.165) is 12.5 Å². The summed E-state index contributed by atoms with van der Waals surface area (Å²) in [5.41, 5.74) is 7.11. The number of nitrogens with two attached hydrogens (primary N) is 1. The van der Waals surface area contributed by atoms with Gasteiger partial charge in [0.05, 0.1) is 0 Å². The molecule has 14 heavy (non-hydrogen) atoms. The zero-order chi connectivity index (χ0) is 10.8. The quantitative estimate of drug-likeness (QED) is 0.795. The lowest BCUT2D eigenvalue weighted by Crippen LogP contribution is -2.13. The van der Waals surface area contributed by atoms with Gasteiger partial charge in [-0.05, 0) is 25.5 Å². The van der Waals surface area contributed by atoms with E-state index in [1.807, 2.05) is 6.92 Å². The van der Waals surface area contributed by atoms with E-state index in [1.54, 1.807) is 12.1 Å². The lowest BCUT2D eigenvalue weighted by molar-refractivity contribution is 0.0166. The normalized spacial score (nSPS) is 11.8. The van der Waals surface area contributed by atoms with Gasteiger partial charge < -0.3 is 5.73 Å². The molecule has 0 amide bonds. The third kappa shape index (κ3) is 2.51. The summed E-state index contributed by atoms with van der Waals surface area (Å²) in [6.45, 7) is 3.20. The van der Waals surface area contributed by atoms with Crippen LogP contribution >= 0.6 is 0 Å². The molecule has 1 aromatic rings. The van der Waals surface area contributed by atoms with Crippen LogP contribution in [0.3, 0.4) is 0 Å². The van der Waals surface area contributed by atoms with Crippen LogP contribution < -0.4 is 5.73 Å². The highest BCUT2D eigenvalue weighted by Crippen LogP contribution is 2.30. The first kappa shape index (κ1) is 11.1. The van der Waals surface area contributed by atoms with E-state index < -0.39 is 5.92 Å². The van der Waals surface area contributed by atoms with Crippen LogP contribution in [-0.2, 0) is 12.3 Å². The van der Waals surface area contributed by atoms with Crippen molar-refractivity contribution >= 4 is 0 Å². The molecule has 3 heteroatoms. The largest absolute Gasteiger partial charge is 0.330 e. The van der Waals surface area contributed by atoms with Gasteiger partial charge in [-0.25, -0.2) is 8.78 Å². The second-order valence-electron chi connectivity index (χ2n) is 3.59.